The predicted molar refractivity (Wildman–Crippen MR) is 81.2 cm³/mol. The molecule has 22 heavy (non-hydrogen) atoms. The lowest BCUT2D eigenvalue weighted by Gasteiger charge is -2.09. The molecule has 1 aromatic carbocycles. The van der Waals surface area contributed by atoms with Gasteiger partial charge in [0, 0.05) is 17.8 Å². The predicted octanol–water partition coefficient (Wildman–Crippen LogP) is 1.84. The first-order valence-corrected chi connectivity index (χ1v) is 8.17. The van der Waals surface area contributed by atoms with Crippen LogP contribution in [0.3, 0.4) is 0 Å². The van der Waals surface area contributed by atoms with Gasteiger partial charge in [-0.1, -0.05) is 11.2 Å². The van der Waals surface area contributed by atoms with Gasteiger partial charge in [0.2, 0.25) is 0 Å². The molecule has 0 bridgehead atoms. The molecule has 2 aromatic rings. The van der Waals surface area contributed by atoms with Crippen molar-refractivity contribution in [3.05, 3.63) is 41.3 Å². The van der Waals surface area contributed by atoms with Crippen molar-refractivity contribution in [1.82, 2.24) is 10.5 Å². The molecule has 0 unspecified atom stereocenters. The highest BCUT2D eigenvalue weighted by Gasteiger charge is 2.24. The number of nitrogens with zero attached hydrogens (tertiary/aromatic N) is 1. The van der Waals surface area contributed by atoms with E-state index in [9.17, 15) is 13.2 Å². The number of carbonyl (C=O) groups excluding carboxylic acids is 1. The van der Waals surface area contributed by atoms with E-state index < -0.39 is 10.0 Å². The minimum atomic E-state index is -3.82. The SMILES string of the molecule is CCNC(=O)c1cccc(NS(=O)(=O)c2c(C)noc2C)c1. The standard InChI is InChI=1S/C14H17N3O4S/c1-4-15-14(18)11-6-5-7-12(8-11)17-22(19,20)13-9(2)16-21-10(13)3/h5-8,17H,4H2,1-3H3,(H,15,18). The van der Waals surface area contributed by atoms with Gasteiger partial charge in [0.25, 0.3) is 15.9 Å². The fraction of sp³-hybridized carbons (Fsp3) is 0.286. The van der Waals surface area contributed by atoms with Gasteiger partial charge in [-0.15, -0.1) is 0 Å². The summed E-state index contributed by atoms with van der Waals surface area (Å²) in [4.78, 5) is 11.8. The van der Waals surface area contributed by atoms with E-state index in [-0.39, 0.29) is 22.3 Å². The summed E-state index contributed by atoms with van der Waals surface area (Å²) in [6.07, 6.45) is 0. The maximum Gasteiger partial charge on any atom is 0.267 e. The van der Waals surface area contributed by atoms with Crippen LogP contribution in [0, 0.1) is 13.8 Å². The molecule has 0 atom stereocenters. The maximum atomic E-state index is 12.4. The highest BCUT2D eigenvalue weighted by molar-refractivity contribution is 7.92. The van der Waals surface area contributed by atoms with Crippen molar-refractivity contribution in [3.8, 4) is 0 Å². The third kappa shape index (κ3) is 3.28. The van der Waals surface area contributed by atoms with Crippen LogP contribution in [0.4, 0.5) is 5.69 Å². The summed E-state index contributed by atoms with van der Waals surface area (Å²) >= 11 is 0. The lowest BCUT2D eigenvalue weighted by atomic mass is 10.2. The Balaban J connectivity index is 2.31. The van der Waals surface area contributed by atoms with Crippen molar-refractivity contribution in [2.24, 2.45) is 0 Å². The summed E-state index contributed by atoms with van der Waals surface area (Å²) in [5.74, 6) is -0.0502. The Kier molecular flexibility index (Phi) is 4.51. The number of benzene rings is 1. The maximum absolute atomic E-state index is 12.4. The summed E-state index contributed by atoms with van der Waals surface area (Å²) in [5, 5.41) is 6.29. The molecular formula is C14H17N3O4S. The van der Waals surface area contributed by atoms with Crippen LogP contribution in [-0.4, -0.2) is 26.0 Å². The number of carbonyl (C=O) groups is 1. The summed E-state index contributed by atoms with van der Waals surface area (Å²) < 4.78 is 32.1. The first kappa shape index (κ1) is 16.0. The number of rotatable bonds is 5. The molecular weight excluding hydrogens is 306 g/mol. The number of nitrogens with one attached hydrogen (secondary N) is 2. The van der Waals surface area contributed by atoms with Crippen molar-refractivity contribution in [2.75, 3.05) is 11.3 Å². The van der Waals surface area contributed by atoms with E-state index in [1.165, 1.54) is 13.0 Å². The minimum absolute atomic E-state index is 0.0101. The number of anilines is 1. The number of sulfonamides is 1. The fourth-order valence-corrected chi connectivity index (χ4v) is 3.43. The first-order valence-electron chi connectivity index (χ1n) is 6.69. The van der Waals surface area contributed by atoms with Gasteiger partial charge < -0.3 is 9.84 Å². The monoisotopic (exact) mass is 323 g/mol. The lowest BCUT2D eigenvalue weighted by Crippen LogP contribution is -2.23. The molecule has 1 heterocycles. The van der Waals surface area contributed by atoms with E-state index in [4.69, 9.17) is 4.52 Å². The van der Waals surface area contributed by atoms with Crippen molar-refractivity contribution >= 4 is 21.6 Å². The van der Waals surface area contributed by atoms with E-state index >= 15 is 0 Å². The summed E-state index contributed by atoms with van der Waals surface area (Å²) in [7, 11) is -3.82. The van der Waals surface area contributed by atoms with Gasteiger partial charge in [-0.3, -0.25) is 9.52 Å². The quantitative estimate of drug-likeness (QED) is 0.874. The van der Waals surface area contributed by atoms with Crippen LogP contribution in [0.15, 0.2) is 33.7 Å². The molecule has 0 aliphatic carbocycles. The summed E-state index contributed by atoms with van der Waals surface area (Å²) in [5.41, 5.74) is 0.953. The third-order valence-electron chi connectivity index (χ3n) is 2.95. The Morgan fingerprint density at radius 2 is 2.05 bits per heavy atom. The van der Waals surface area contributed by atoms with Gasteiger partial charge >= 0.3 is 0 Å². The van der Waals surface area contributed by atoms with Crippen LogP contribution in [0.1, 0.15) is 28.7 Å². The number of hydrogen-bond acceptors (Lipinski definition) is 5. The molecule has 1 aromatic heterocycles. The molecule has 0 saturated heterocycles. The molecule has 0 radical (unpaired) electrons. The van der Waals surface area contributed by atoms with Crippen molar-refractivity contribution < 1.29 is 17.7 Å². The Morgan fingerprint density at radius 1 is 1.32 bits per heavy atom. The van der Waals surface area contributed by atoms with Gasteiger partial charge in [0.15, 0.2) is 10.7 Å². The zero-order valence-corrected chi connectivity index (χ0v) is 13.3. The zero-order valence-electron chi connectivity index (χ0n) is 12.5. The van der Waals surface area contributed by atoms with Crippen LogP contribution in [0.5, 0.6) is 0 Å². The van der Waals surface area contributed by atoms with Crippen LogP contribution in [-0.2, 0) is 10.0 Å². The molecule has 2 N–H and O–H groups in total. The number of hydrogen-bond donors (Lipinski definition) is 2. The number of amides is 1. The molecule has 0 spiro atoms. The van der Waals surface area contributed by atoms with Crippen LogP contribution >= 0.6 is 0 Å². The second-order valence-electron chi connectivity index (χ2n) is 4.70. The second kappa shape index (κ2) is 6.18. The Morgan fingerprint density at radius 3 is 2.64 bits per heavy atom. The fourth-order valence-electron chi connectivity index (χ4n) is 2.05. The smallest absolute Gasteiger partial charge is 0.267 e. The van der Waals surface area contributed by atoms with Crippen LogP contribution in [0.25, 0.3) is 0 Å². The topological polar surface area (TPSA) is 101 Å². The van der Waals surface area contributed by atoms with Gasteiger partial charge in [0.1, 0.15) is 5.69 Å². The molecule has 8 heteroatoms. The van der Waals surface area contributed by atoms with Crippen LogP contribution < -0.4 is 10.0 Å². The molecule has 2 rings (SSSR count). The van der Waals surface area contributed by atoms with Crippen molar-refractivity contribution in [1.29, 1.82) is 0 Å². The van der Waals surface area contributed by atoms with Crippen molar-refractivity contribution in [3.63, 3.8) is 0 Å². The molecule has 0 aliphatic rings. The second-order valence-corrected chi connectivity index (χ2v) is 6.32. The summed E-state index contributed by atoms with van der Waals surface area (Å²) in [6.45, 7) is 5.38. The Hall–Kier alpha value is -2.35. The van der Waals surface area contributed by atoms with E-state index in [2.05, 4.69) is 15.2 Å². The average molecular weight is 323 g/mol. The highest BCUT2D eigenvalue weighted by atomic mass is 32.2. The van der Waals surface area contributed by atoms with E-state index in [1.807, 2.05) is 6.92 Å². The molecule has 0 saturated carbocycles. The van der Waals surface area contributed by atoms with E-state index in [0.29, 0.717) is 17.8 Å². The average Bonchev–Trinajstić information content (AvgIpc) is 2.79. The van der Waals surface area contributed by atoms with Gasteiger partial charge in [-0.25, -0.2) is 8.42 Å². The molecule has 1 amide bonds. The molecule has 118 valence electrons. The number of aromatic nitrogens is 1. The highest BCUT2D eigenvalue weighted by Crippen LogP contribution is 2.22. The molecule has 7 nitrogen and oxygen atoms in total. The molecule has 0 aliphatic heterocycles. The minimum Gasteiger partial charge on any atom is -0.360 e. The third-order valence-corrected chi connectivity index (χ3v) is 4.58. The van der Waals surface area contributed by atoms with E-state index in [0.717, 1.165) is 0 Å². The largest absolute Gasteiger partial charge is 0.360 e. The van der Waals surface area contributed by atoms with Gasteiger partial charge in [-0.2, -0.15) is 0 Å². The zero-order chi connectivity index (χ0) is 16.3. The van der Waals surface area contributed by atoms with Gasteiger partial charge in [-0.05, 0) is 39.0 Å². The number of aryl methyl sites for hydroxylation is 2. The van der Waals surface area contributed by atoms with Crippen LogP contribution in [0.2, 0.25) is 0 Å². The lowest BCUT2D eigenvalue weighted by molar-refractivity contribution is 0.0956. The first-order chi connectivity index (χ1) is 10.3. The summed E-state index contributed by atoms with van der Waals surface area (Å²) in [6, 6.07) is 6.26. The molecule has 0 fully saturated rings. The normalized spacial score (nSPS) is 11.2. The van der Waals surface area contributed by atoms with E-state index in [1.54, 1.807) is 25.1 Å². The van der Waals surface area contributed by atoms with Crippen molar-refractivity contribution in [2.45, 2.75) is 25.7 Å². The Bertz CT molecular complexity index is 777. The Labute approximate surface area is 128 Å². The van der Waals surface area contributed by atoms with Gasteiger partial charge in [0.05, 0.1) is 0 Å².